The van der Waals surface area contributed by atoms with E-state index in [9.17, 15) is 0 Å². The maximum absolute atomic E-state index is 6.05. The van der Waals surface area contributed by atoms with Gasteiger partial charge in [0.2, 0.25) is 5.95 Å². The second kappa shape index (κ2) is 5.48. The number of benzene rings is 2. The number of anilines is 1. The van der Waals surface area contributed by atoms with Crippen molar-refractivity contribution in [1.82, 2.24) is 9.55 Å². The molecule has 0 saturated carbocycles. The number of hydrogen-bond donors (Lipinski definition) is 1. The van der Waals surface area contributed by atoms with Crippen LogP contribution < -0.4 is 10.5 Å². The molecule has 1 heterocycles. The molecule has 0 unspecified atom stereocenters. The predicted molar refractivity (Wildman–Crippen MR) is 85.6 cm³/mol. The van der Waals surface area contributed by atoms with E-state index in [0.29, 0.717) is 5.95 Å². The first-order valence-corrected chi connectivity index (χ1v) is 7.02. The molecule has 108 valence electrons. The van der Waals surface area contributed by atoms with Gasteiger partial charge in [0.1, 0.15) is 5.75 Å². The Kier molecular flexibility index (Phi) is 3.52. The van der Waals surface area contributed by atoms with Gasteiger partial charge in [-0.3, -0.25) is 0 Å². The Morgan fingerprint density at radius 1 is 1.19 bits per heavy atom. The van der Waals surface area contributed by atoms with Crippen LogP contribution in [0, 0.1) is 6.92 Å². The predicted octanol–water partition coefficient (Wildman–Crippen LogP) is 3.18. The highest BCUT2D eigenvalue weighted by atomic mass is 16.5. The Morgan fingerprint density at radius 3 is 2.86 bits per heavy atom. The number of nitrogens with two attached hydrogens (primary N) is 1. The lowest BCUT2D eigenvalue weighted by molar-refractivity contribution is 0.414. The van der Waals surface area contributed by atoms with E-state index in [1.54, 1.807) is 7.11 Å². The fourth-order valence-corrected chi connectivity index (χ4v) is 2.56. The van der Waals surface area contributed by atoms with Crippen LogP contribution in [0.1, 0.15) is 11.1 Å². The summed E-state index contributed by atoms with van der Waals surface area (Å²) in [6, 6.07) is 14.3. The van der Waals surface area contributed by atoms with Crippen LogP contribution in [0.3, 0.4) is 0 Å². The average molecular weight is 281 g/mol. The summed E-state index contributed by atoms with van der Waals surface area (Å²) < 4.78 is 7.32. The summed E-state index contributed by atoms with van der Waals surface area (Å²) in [6.45, 7) is 2.86. The molecule has 4 nitrogen and oxygen atoms in total. The maximum Gasteiger partial charge on any atom is 0.201 e. The molecule has 0 bridgehead atoms. The monoisotopic (exact) mass is 281 g/mol. The molecule has 0 aliphatic heterocycles. The zero-order valence-electron chi connectivity index (χ0n) is 12.3. The van der Waals surface area contributed by atoms with Gasteiger partial charge in [0.15, 0.2) is 0 Å². The molecule has 0 spiro atoms. The highest BCUT2D eigenvalue weighted by molar-refractivity contribution is 5.79. The highest BCUT2D eigenvalue weighted by Crippen LogP contribution is 2.20. The Hall–Kier alpha value is -2.49. The quantitative estimate of drug-likeness (QED) is 0.799. The van der Waals surface area contributed by atoms with Crippen LogP contribution in [-0.4, -0.2) is 16.7 Å². The van der Waals surface area contributed by atoms with Crippen LogP contribution in [0.25, 0.3) is 11.0 Å². The van der Waals surface area contributed by atoms with Gasteiger partial charge >= 0.3 is 0 Å². The Labute approximate surface area is 124 Å². The van der Waals surface area contributed by atoms with E-state index in [-0.39, 0.29) is 0 Å². The second-order valence-corrected chi connectivity index (χ2v) is 5.22. The molecule has 0 atom stereocenters. The third-order valence-corrected chi connectivity index (χ3v) is 3.69. The van der Waals surface area contributed by atoms with Crippen LogP contribution in [0.2, 0.25) is 0 Å². The van der Waals surface area contributed by atoms with Crippen molar-refractivity contribution in [3.63, 3.8) is 0 Å². The minimum atomic E-state index is 0.568. The number of fused-ring (bicyclic) bond motifs is 1. The first kappa shape index (κ1) is 13.5. The van der Waals surface area contributed by atoms with E-state index in [1.165, 1.54) is 11.1 Å². The molecule has 3 rings (SSSR count). The van der Waals surface area contributed by atoms with Crippen molar-refractivity contribution >= 4 is 17.0 Å². The molecule has 1 aromatic heterocycles. The van der Waals surface area contributed by atoms with Crippen LogP contribution in [0.15, 0.2) is 42.5 Å². The van der Waals surface area contributed by atoms with Gasteiger partial charge in [0.25, 0.3) is 0 Å². The van der Waals surface area contributed by atoms with Crippen molar-refractivity contribution in [1.29, 1.82) is 0 Å². The van der Waals surface area contributed by atoms with Gasteiger partial charge in [-0.05, 0) is 48.7 Å². The summed E-state index contributed by atoms with van der Waals surface area (Å²) in [4.78, 5) is 4.44. The van der Waals surface area contributed by atoms with Gasteiger partial charge in [-0.15, -0.1) is 0 Å². The van der Waals surface area contributed by atoms with E-state index < -0.39 is 0 Å². The van der Waals surface area contributed by atoms with Gasteiger partial charge in [-0.25, -0.2) is 4.98 Å². The Balaban J connectivity index is 1.86. The summed E-state index contributed by atoms with van der Waals surface area (Å²) >= 11 is 0. The summed E-state index contributed by atoms with van der Waals surface area (Å²) in [5.41, 5.74) is 10.5. The number of aryl methyl sites for hydroxylation is 3. The maximum atomic E-state index is 6.05. The number of rotatable bonds is 4. The molecule has 0 aliphatic carbocycles. The molecular formula is C17H19N3O. The largest absolute Gasteiger partial charge is 0.497 e. The smallest absolute Gasteiger partial charge is 0.201 e. The number of imidazole rings is 1. The SMILES string of the molecule is COc1cccc(CCn2c(N)nc3cc(C)ccc32)c1. The lowest BCUT2D eigenvalue weighted by atomic mass is 10.1. The van der Waals surface area contributed by atoms with Crippen molar-refractivity contribution in [2.24, 2.45) is 0 Å². The van der Waals surface area contributed by atoms with Gasteiger partial charge in [0, 0.05) is 6.54 Å². The minimum Gasteiger partial charge on any atom is -0.497 e. The van der Waals surface area contributed by atoms with Crippen molar-refractivity contribution in [3.8, 4) is 5.75 Å². The fourth-order valence-electron chi connectivity index (χ4n) is 2.56. The second-order valence-electron chi connectivity index (χ2n) is 5.22. The molecule has 0 aliphatic rings. The van der Waals surface area contributed by atoms with E-state index >= 15 is 0 Å². The summed E-state index contributed by atoms with van der Waals surface area (Å²) in [5, 5.41) is 0. The standard InChI is InChI=1S/C17H19N3O/c1-12-6-7-16-15(10-12)19-17(18)20(16)9-8-13-4-3-5-14(11-13)21-2/h3-7,10-11H,8-9H2,1-2H3,(H2,18,19). The lowest BCUT2D eigenvalue weighted by Gasteiger charge is -2.08. The van der Waals surface area contributed by atoms with Crippen molar-refractivity contribution in [2.75, 3.05) is 12.8 Å². The van der Waals surface area contributed by atoms with E-state index in [2.05, 4.69) is 46.8 Å². The van der Waals surface area contributed by atoms with Crippen LogP contribution >= 0.6 is 0 Å². The molecule has 21 heavy (non-hydrogen) atoms. The zero-order valence-corrected chi connectivity index (χ0v) is 12.3. The third-order valence-electron chi connectivity index (χ3n) is 3.69. The van der Waals surface area contributed by atoms with Crippen LogP contribution in [-0.2, 0) is 13.0 Å². The molecule has 0 saturated heterocycles. The van der Waals surface area contributed by atoms with Gasteiger partial charge in [0.05, 0.1) is 18.1 Å². The average Bonchev–Trinajstić information content (AvgIpc) is 2.80. The number of aromatic nitrogens is 2. The third kappa shape index (κ3) is 2.70. The molecule has 4 heteroatoms. The molecule has 2 aromatic carbocycles. The lowest BCUT2D eigenvalue weighted by Crippen LogP contribution is -2.05. The highest BCUT2D eigenvalue weighted by Gasteiger charge is 2.08. The van der Waals surface area contributed by atoms with Crippen molar-refractivity contribution < 1.29 is 4.74 Å². The number of ether oxygens (including phenoxy) is 1. The van der Waals surface area contributed by atoms with Crippen molar-refractivity contribution in [2.45, 2.75) is 19.9 Å². The summed E-state index contributed by atoms with van der Waals surface area (Å²) in [7, 11) is 1.68. The first-order chi connectivity index (χ1) is 10.2. The Bertz CT molecular complexity index is 777. The number of hydrogen-bond acceptors (Lipinski definition) is 3. The van der Waals surface area contributed by atoms with E-state index in [4.69, 9.17) is 10.5 Å². The minimum absolute atomic E-state index is 0.568. The summed E-state index contributed by atoms with van der Waals surface area (Å²) in [5.74, 6) is 1.45. The molecular weight excluding hydrogens is 262 g/mol. The van der Waals surface area contributed by atoms with E-state index in [0.717, 1.165) is 29.7 Å². The fraction of sp³-hybridized carbons (Fsp3) is 0.235. The van der Waals surface area contributed by atoms with Crippen LogP contribution in [0.5, 0.6) is 5.75 Å². The Morgan fingerprint density at radius 2 is 2.05 bits per heavy atom. The van der Waals surface area contributed by atoms with Gasteiger partial charge < -0.3 is 15.0 Å². The number of methoxy groups -OCH3 is 1. The molecule has 3 aromatic rings. The molecule has 0 radical (unpaired) electrons. The summed E-state index contributed by atoms with van der Waals surface area (Å²) in [6.07, 6.45) is 0.890. The zero-order chi connectivity index (χ0) is 14.8. The first-order valence-electron chi connectivity index (χ1n) is 7.02. The van der Waals surface area contributed by atoms with Crippen LogP contribution in [0.4, 0.5) is 5.95 Å². The number of nitrogen functional groups attached to an aromatic ring is 1. The molecule has 0 amide bonds. The topological polar surface area (TPSA) is 53.1 Å². The molecule has 2 N–H and O–H groups in total. The normalized spacial score (nSPS) is 11.0. The van der Waals surface area contributed by atoms with Gasteiger partial charge in [-0.1, -0.05) is 18.2 Å². The van der Waals surface area contributed by atoms with Crippen molar-refractivity contribution in [3.05, 3.63) is 53.6 Å². The van der Waals surface area contributed by atoms with E-state index in [1.807, 2.05) is 12.1 Å². The van der Waals surface area contributed by atoms with Gasteiger partial charge in [-0.2, -0.15) is 0 Å². The molecule has 0 fully saturated rings. The number of nitrogens with zero attached hydrogens (tertiary/aromatic N) is 2.